The first-order valence-corrected chi connectivity index (χ1v) is 6.77. The van der Waals surface area contributed by atoms with Crippen LogP contribution >= 0.6 is 23.4 Å². The molecule has 15 heavy (non-hydrogen) atoms. The van der Waals surface area contributed by atoms with Gasteiger partial charge in [0.15, 0.2) is 0 Å². The number of hydrogen-bond donors (Lipinski definition) is 1. The quantitative estimate of drug-likeness (QED) is 0.822. The summed E-state index contributed by atoms with van der Waals surface area (Å²) in [7, 11) is 0. The van der Waals surface area contributed by atoms with Crippen LogP contribution in [0.5, 0.6) is 0 Å². The maximum absolute atomic E-state index is 5.72. The standard InChI is InChI=1S/C11H15ClN2S/c12-11-2-1-9(6-14-11)7-15-8-10-3-4-13-5-10/h1-2,6,10,13H,3-5,7-8H2/t10-/m1/s1. The molecule has 1 aromatic heterocycles. The number of hydrogen-bond acceptors (Lipinski definition) is 3. The van der Waals surface area contributed by atoms with Crippen LogP contribution in [-0.2, 0) is 5.75 Å². The van der Waals surface area contributed by atoms with Crippen LogP contribution in [0.25, 0.3) is 0 Å². The highest BCUT2D eigenvalue weighted by molar-refractivity contribution is 7.98. The molecule has 2 nitrogen and oxygen atoms in total. The fourth-order valence-corrected chi connectivity index (χ4v) is 2.95. The van der Waals surface area contributed by atoms with E-state index in [0.29, 0.717) is 5.15 Å². The van der Waals surface area contributed by atoms with Crippen molar-refractivity contribution in [1.29, 1.82) is 0 Å². The van der Waals surface area contributed by atoms with Crippen LogP contribution < -0.4 is 5.32 Å². The van der Waals surface area contributed by atoms with Gasteiger partial charge in [0.1, 0.15) is 5.15 Å². The Balaban J connectivity index is 1.71. The van der Waals surface area contributed by atoms with Crippen molar-refractivity contribution in [3.05, 3.63) is 29.0 Å². The van der Waals surface area contributed by atoms with E-state index in [4.69, 9.17) is 11.6 Å². The van der Waals surface area contributed by atoms with Crippen molar-refractivity contribution in [2.24, 2.45) is 5.92 Å². The molecule has 82 valence electrons. The molecule has 1 aromatic rings. The summed E-state index contributed by atoms with van der Waals surface area (Å²) in [6.45, 7) is 2.37. The molecule has 1 aliphatic heterocycles. The predicted octanol–water partition coefficient (Wildman–Crippen LogP) is 2.58. The van der Waals surface area contributed by atoms with Gasteiger partial charge in [-0.05, 0) is 42.8 Å². The molecule has 1 N–H and O–H groups in total. The van der Waals surface area contributed by atoms with E-state index in [1.165, 1.54) is 30.8 Å². The zero-order chi connectivity index (χ0) is 10.5. The van der Waals surface area contributed by atoms with Crippen molar-refractivity contribution >= 4 is 23.4 Å². The Kier molecular flexibility index (Phi) is 4.29. The lowest BCUT2D eigenvalue weighted by molar-refractivity contribution is 0.662. The highest BCUT2D eigenvalue weighted by Crippen LogP contribution is 2.19. The maximum atomic E-state index is 5.72. The van der Waals surface area contributed by atoms with E-state index in [2.05, 4.69) is 16.4 Å². The lowest BCUT2D eigenvalue weighted by Crippen LogP contribution is -2.10. The lowest BCUT2D eigenvalue weighted by atomic mass is 10.2. The van der Waals surface area contributed by atoms with E-state index in [9.17, 15) is 0 Å². The van der Waals surface area contributed by atoms with E-state index in [1.807, 2.05) is 24.0 Å². The van der Waals surface area contributed by atoms with Crippen LogP contribution in [0.4, 0.5) is 0 Å². The minimum atomic E-state index is 0.573. The minimum Gasteiger partial charge on any atom is -0.316 e. The molecule has 0 bridgehead atoms. The van der Waals surface area contributed by atoms with Crippen LogP contribution in [0.2, 0.25) is 5.15 Å². The highest BCUT2D eigenvalue weighted by Gasteiger charge is 2.13. The zero-order valence-corrected chi connectivity index (χ0v) is 10.2. The second kappa shape index (κ2) is 5.73. The van der Waals surface area contributed by atoms with Crippen LogP contribution in [0.15, 0.2) is 18.3 Å². The third-order valence-electron chi connectivity index (χ3n) is 2.57. The van der Waals surface area contributed by atoms with Gasteiger partial charge in [-0.2, -0.15) is 11.8 Å². The number of pyridine rings is 1. The van der Waals surface area contributed by atoms with Crippen molar-refractivity contribution in [2.75, 3.05) is 18.8 Å². The average molecular weight is 243 g/mol. The third-order valence-corrected chi connectivity index (χ3v) is 4.04. The van der Waals surface area contributed by atoms with Crippen molar-refractivity contribution in [3.63, 3.8) is 0 Å². The number of aromatic nitrogens is 1. The summed E-state index contributed by atoms with van der Waals surface area (Å²) in [5.41, 5.74) is 1.26. The van der Waals surface area contributed by atoms with Gasteiger partial charge >= 0.3 is 0 Å². The van der Waals surface area contributed by atoms with Gasteiger partial charge < -0.3 is 5.32 Å². The molecule has 0 unspecified atom stereocenters. The van der Waals surface area contributed by atoms with Crippen LogP contribution in [0, 0.1) is 5.92 Å². The van der Waals surface area contributed by atoms with E-state index >= 15 is 0 Å². The molecule has 1 saturated heterocycles. The van der Waals surface area contributed by atoms with Crippen molar-refractivity contribution < 1.29 is 0 Å². The summed E-state index contributed by atoms with van der Waals surface area (Å²) in [5.74, 6) is 3.14. The number of thioether (sulfide) groups is 1. The lowest BCUT2D eigenvalue weighted by Gasteiger charge is -2.07. The topological polar surface area (TPSA) is 24.9 Å². The molecule has 0 aromatic carbocycles. The first-order chi connectivity index (χ1) is 7.34. The van der Waals surface area contributed by atoms with Gasteiger partial charge in [-0.25, -0.2) is 4.98 Å². The summed E-state index contributed by atoms with van der Waals surface area (Å²) in [6, 6.07) is 3.91. The Morgan fingerprint density at radius 3 is 3.13 bits per heavy atom. The molecule has 1 aliphatic rings. The van der Waals surface area contributed by atoms with Crippen LogP contribution in [0.3, 0.4) is 0 Å². The maximum Gasteiger partial charge on any atom is 0.129 e. The van der Waals surface area contributed by atoms with Crippen LogP contribution in [-0.4, -0.2) is 23.8 Å². The smallest absolute Gasteiger partial charge is 0.129 e. The fourth-order valence-electron chi connectivity index (χ4n) is 1.69. The molecule has 2 rings (SSSR count). The van der Waals surface area contributed by atoms with E-state index in [0.717, 1.165) is 11.7 Å². The van der Waals surface area contributed by atoms with Gasteiger partial charge in [-0.15, -0.1) is 0 Å². The monoisotopic (exact) mass is 242 g/mol. The van der Waals surface area contributed by atoms with Crippen molar-refractivity contribution in [2.45, 2.75) is 12.2 Å². The van der Waals surface area contributed by atoms with Crippen molar-refractivity contribution in [3.8, 4) is 0 Å². The molecule has 4 heteroatoms. The average Bonchev–Trinajstić information content (AvgIpc) is 2.74. The molecule has 0 radical (unpaired) electrons. The predicted molar refractivity (Wildman–Crippen MR) is 66.4 cm³/mol. The molecule has 2 heterocycles. The normalized spacial score (nSPS) is 20.7. The minimum absolute atomic E-state index is 0.573. The molecule has 0 amide bonds. The molecular formula is C11H15ClN2S. The van der Waals surface area contributed by atoms with Gasteiger partial charge in [-0.1, -0.05) is 17.7 Å². The SMILES string of the molecule is Clc1ccc(CSC[C@@H]2CCNC2)cn1. The van der Waals surface area contributed by atoms with Gasteiger partial charge in [-0.3, -0.25) is 0 Å². The molecule has 1 atom stereocenters. The zero-order valence-electron chi connectivity index (χ0n) is 8.58. The Hall–Kier alpha value is -0.250. The van der Waals surface area contributed by atoms with Crippen molar-refractivity contribution in [1.82, 2.24) is 10.3 Å². The Morgan fingerprint density at radius 2 is 2.47 bits per heavy atom. The van der Waals surface area contributed by atoms with E-state index in [1.54, 1.807) is 0 Å². The van der Waals surface area contributed by atoms with E-state index in [-0.39, 0.29) is 0 Å². The molecule has 0 spiro atoms. The first-order valence-electron chi connectivity index (χ1n) is 5.23. The highest BCUT2D eigenvalue weighted by atomic mass is 35.5. The summed E-state index contributed by atoms with van der Waals surface area (Å²) in [6.07, 6.45) is 3.19. The van der Waals surface area contributed by atoms with Gasteiger partial charge in [0.2, 0.25) is 0 Å². The second-order valence-electron chi connectivity index (χ2n) is 3.86. The van der Waals surface area contributed by atoms with Gasteiger partial charge in [0.05, 0.1) is 0 Å². The Labute approximate surface area is 99.8 Å². The second-order valence-corrected chi connectivity index (χ2v) is 5.28. The molecule has 1 fully saturated rings. The number of nitrogens with zero attached hydrogens (tertiary/aromatic N) is 1. The summed E-state index contributed by atoms with van der Waals surface area (Å²) in [4.78, 5) is 4.07. The first kappa shape index (κ1) is 11.2. The van der Waals surface area contributed by atoms with Gasteiger partial charge in [0.25, 0.3) is 0 Å². The number of nitrogens with one attached hydrogen (secondary N) is 1. The van der Waals surface area contributed by atoms with Crippen LogP contribution in [0.1, 0.15) is 12.0 Å². The molecule has 0 saturated carbocycles. The van der Waals surface area contributed by atoms with Gasteiger partial charge in [0, 0.05) is 11.9 Å². The fraction of sp³-hybridized carbons (Fsp3) is 0.545. The molecular weight excluding hydrogens is 228 g/mol. The summed E-state index contributed by atoms with van der Waals surface area (Å²) >= 11 is 7.71. The molecule has 0 aliphatic carbocycles. The largest absolute Gasteiger partial charge is 0.316 e. The summed E-state index contributed by atoms with van der Waals surface area (Å²) < 4.78 is 0. The van der Waals surface area contributed by atoms with E-state index < -0.39 is 0 Å². The third kappa shape index (κ3) is 3.67. The Morgan fingerprint density at radius 1 is 1.53 bits per heavy atom. The summed E-state index contributed by atoms with van der Waals surface area (Å²) in [5, 5.41) is 3.96. The number of halogens is 1. The Bertz CT molecular complexity index is 296. The number of rotatable bonds is 4.